The normalized spacial score (nSPS) is 11.7. The van der Waals surface area contributed by atoms with E-state index in [0.29, 0.717) is 13.2 Å². The molecule has 0 heterocycles. The molecule has 0 atom stereocenters. The SMILES string of the molecule is C=C[SiH2]C(OC)OC.CCOC(C=C[SiH3])OCC. The van der Waals surface area contributed by atoms with Crippen LogP contribution in [0.4, 0.5) is 0 Å². The zero-order valence-corrected chi connectivity index (χ0v) is 15.8. The third kappa shape index (κ3) is 13.8. The first kappa shape index (κ1) is 20.1. The minimum atomic E-state index is -0.345. The maximum Gasteiger partial charge on any atom is 0.176 e. The van der Waals surface area contributed by atoms with Crippen molar-refractivity contribution < 1.29 is 18.9 Å². The van der Waals surface area contributed by atoms with E-state index in [4.69, 9.17) is 18.9 Å². The topological polar surface area (TPSA) is 36.9 Å². The molecule has 0 amide bonds. The van der Waals surface area contributed by atoms with Gasteiger partial charge in [0.2, 0.25) is 0 Å². The maximum atomic E-state index is 5.24. The van der Waals surface area contributed by atoms with Crippen molar-refractivity contribution in [1.29, 1.82) is 0 Å². The van der Waals surface area contributed by atoms with Crippen LogP contribution in [0.2, 0.25) is 0 Å². The van der Waals surface area contributed by atoms with Crippen LogP contribution in [-0.2, 0) is 18.9 Å². The van der Waals surface area contributed by atoms with E-state index in [9.17, 15) is 0 Å². The predicted molar refractivity (Wildman–Crippen MR) is 82.7 cm³/mol. The molecule has 0 rings (SSSR count). The number of hydrogen-bond donors (Lipinski definition) is 0. The largest absolute Gasteiger partial charge is 0.360 e. The van der Waals surface area contributed by atoms with Gasteiger partial charge in [0.1, 0.15) is 15.4 Å². The summed E-state index contributed by atoms with van der Waals surface area (Å²) in [5.74, 6) is 0.0208. The van der Waals surface area contributed by atoms with Crippen molar-refractivity contribution in [2.75, 3.05) is 27.4 Å². The van der Waals surface area contributed by atoms with Crippen LogP contribution in [0, 0.1) is 0 Å². The molecule has 0 aromatic rings. The van der Waals surface area contributed by atoms with Gasteiger partial charge in [0.15, 0.2) is 6.29 Å². The summed E-state index contributed by atoms with van der Waals surface area (Å²) in [6.07, 6.45) is 1.84. The van der Waals surface area contributed by atoms with Gasteiger partial charge in [0.25, 0.3) is 0 Å². The molecule has 0 saturated heterocycles. The summed E-state index contributed by atoms with van der Waals surface area (Å²) in [4.78, 5) is 0. The Morgan fingerprint density at radius 1 is 1.17 bits per heavy atom. The Bertz CT molecular complexity index is 191. The van der Waals surface area contributed by atoms with Gasteiger partial charge in [-0.05, 0) is 19.9 Å². The molecule has 18 heavy (non-hydrogen) atoms. The molecule has 4 nitrogen and oxygen atoms in total. The summed E-state index contributed by atoms with van der Waals surface area (Å²) >= 11 is 0. The lowest BCUT2D eigenvalue weighted by molar-refractivity contribution is -0.103. The summed E-state index contributed by atoms with van der Waals surface area (Å²) in [7, 11) is 4.00. The van der Waals surface area contributed by atoms with Crippen LogP contribution in [-0.4, -0.2) is 59.4 Å². The molecule has 0 radical (unpaired) electrons. The van der Waals surface area contributed by atoms with Crippen LogP contribution in [0.5, 0.6) is 0 Å². The third-order valence-corrected chi connectivity index (χ3v) is 3.67. The summed E-state index contributed by atoms with van der Waals surface area (Å²) in [6.45, 7) is 8.94. The zero-order chi connectivity index (χ0) is 14.2. The van der Waals surface area contributed by atoms with Crippen molar-refractivity contribution in [2.24, 2.45) is 0 Å². The van der Waals surface area contributed by atoms with E-state index >= 15 is 0 Å². The van der Waals surface area contributed by atoms with E-state index in [-0.39, 0.29) is 21.7 Å². The number of hydrogen-bond acceptors (Lipinski definition) is 4. The minimum absolute atomic E-state index is 0.0208. The minimum Gasteiger partial charge on any atom is -0.360 e. The predicted octanol–water partition coefficient (Wildman–Crippen LogP) is 0.140. The van der Waals surface area contributed by atoms with Crippen molar-refractivity contribution in [3.05, 3.63) is 24.1 Å². The second-order valence-corrected chi connectivity index (χ2v) is 5.61. The lowest BCUT2D eigenvalue weighted by Crippen LogP contribution is -2.19. The van der Waals surface area contributed by atoms with Crippen LogP contribution in [0.25, 0.3) is 0 Å². The number of rotatable bonds is 9. The van der Waals surface area contributed by atoms with Gasteiger partial charge in [-0.3, -0.25) is 0 Å². The Hall–Kier alpha value is -0.246. The first-order valence-electron chi connectivity index (χ1n) is 6.22. The molecule has 0 saturated carbocycles. The Labute approximate surface area is 117 Å². The molecule has 0 unspecified atom stereocenters. The molecule has 6 heteroatoms. The van der Waals surface area contributed by atoms with E-state index in [2.05, 4.69) is 12.3 Å². The number of ether oxygens (including phenoxy) is 4. The molecular weight excluding hydrogens is 264 g/mol. The van der Waals surface area contributed by atoms with Gasteiger partial charge in [-0.15, -0.1) is 18.0 Å². The molecule has 0 aliphatic rings. The van der Waals surface area contributed by atoms with Crippen molar-refractivity contribution in [3.63, 3.8) is 0 Å². The van der Waals surface area contributed by atoms with Crippen LogP contribution in [0.1, 0.15) is 13.8 Å². The Balaban J connectivity index is 0. The molecule has 0 aliphatic heterocycles. The lowest BCUT2D eigenvalue weighted by atomic mass is 10.6. The van der Waals surface area contributed by atoms with Crippen LogP contribution in [0.15, 0.2) is 24.1 Å². The average molecular weight is 293 g/mol. The summed E-state index contributed by atoms with van der Waals surface area (Å²) in [6, 6.07) is 0. The van der Waals surface area contributed by atoms with E-state index in [0.717, 1.165) is 10.2 Å². The van der Waals surface area contributed by atoms with Gasteiger partial charge in [-0.1, -0.05) is 0 Å². The van der Waals surface area contributed by atoms with E-state index < -0.39 is 0 Å². The standard InChI is InChI=1S/C7H16O2Si.C5H12O2Si/c1-3-8-7(5-6-10)9-4-2;1-4-8-5(6-2)7-3/h5-7H,3-4H2,1-2,10H3;4-5H,1,8H2,2-3H3. The highest BCUT2D eigenvalue weighted by molar-refractivity contribution is 6.42. The fourth-order valence-corrected chi connectivity index (χ4v) is 2.04. The van der Waals surface area contributed by atoms with E-state index in [1.54, 1.807) is 14.2 Å². The first-order valence-corrected chi connectivity index (χ1v) is 9.01. The molecular formula is C12H28O4Si2. The summed E-state index contributed by atoms with van der Waals surface area (Å²) in [5.41, 5.74) is 3.97. The monoisotopic (exact) mass is 292 g/mol. The molecule has 0 fully saturated rings. The van der Waals surface area contributed by atoms with Gasteiger partial charge < -0.3 is 18.9 Å². The Morgan fingerprint density at radius 2 is 1.67 bits per heavy atom. The summed E-state index contributed by atoms with van der Waals surface area (Å²) in [5, 5.41) is 0. The summed E-state index contributed by atoms with van der Waals surface area (Å²) < 4.78 is 20.3. The van der Waals surface area contributed by atoms with Gasteiger partial charge in [-0.2, -0.15) is 0 Å². The second kappa shape index (κ2) is 16.8. The highest BCUT2D eigenvalue weighted by Crippen LogP contribution is 1.95. The fraction of sp³-hybridized carbons (Fsp3) is 0.667. The van der Waals surface area contributed by atoms with Crippen LogP contribution < -0.4 is 0 Å². The third-order valence-electron chi connectivity index (χ3n) is 1.90. The first-order chi connectivity index (χ1) is 8.69. The van der Waals surface area contributed by atoms with E-state index in [1.807, 2.05) is 25.6 Å². The molecule has 108 valence electrons. The zero-order valence-electron chi connectivity index (χ0n) is 12.3. The van der Waals surface area contributed by atoms with Gasteiger partial charge in [0.05, 0.1) is 0 Å². The second-order valence-electron chi connectivity index (χ2n) is 3.23. The molecule has 0 spiro atoms. The molecule has 0 bridgehead atoms. The van der Waals surface area contributed by atoms with Gasteiger partial charge in [0, 0.05) is 37.7 Å². The lowest BCUT2D eigenvalue weighted by Gasteiger charge is -2.11. The van der Waals surface area contributed by atoms with Crippen LogP contribution in [0.3, 0.4) is 0 Å². The van der Waals surface area contributed by atoms with Gasteiger partial charge >= 0.3 is 0 Å². The Morgan fingerprint density at radius 3 is 1.89 bits per heavy atom. The molecule has 0 aromatic heterocycles. The number of methoxy groups -OCH3 is 2. The van der Waals surface area contributed by atoms with Crippen molar-refractivity contribution in [1.82, 2.24) is 0 Å². The molecule has 0 aromatic carbocycles. The quantitative estimate of drug-likeness (QED) is 0.447. The van der Waals surface area contributed by atoms with Crippen molar-refractivity contribution in [3.8, 4) is 0 Å². The average Bonchev–Trinajstić information content (AvgIpc) is 2.38. The van der Waals surface area contributed by atoms with E-state index in [1.165, 1.54) is 0 Å². The van der Waals surface area contributed by atoms with Crippen LogP contribution >= 0.6 is 0 Å². The molecule has 0 N–H and O–H groups in total. The van der Waals surface area contributed by atoms with Gasteiger partial charge in [-0.25, -0.2) is 0 Å². The smallest absolute Gasteiger partial charge is 0.176 e. The highest BCUT2D eigenvalue weighted by Gasteiger charge is 1.99. The van der Waals surface area contributed by atoms with Crippen molar-refractivity contribution in [2.45, 2.75) is 26.1 Å². The highest BCUT2D eigenvalue weighted by atomic mass is 28.2. The van der Waals surface area contributed by atoms with Crippen molar-refractivity contribution >= 4 is 19.8 Å². The molecule has 0 aliphatic carbocycles. The maximum absolute atomic E-state index is 5.24. The Kier molecular flexibility index (Phi) is 18.7. The fourth-order valence-electron chi connectivity index (χ4n) is 1.07.